The van der Waals surface area contributed by atoms with E-state index in [9.17, 15) is 9.90 Å². The van der Waals surface area contributed by atoms with E-state index in [0.717, 1.165) is 25.9 Å². The molecule has 2 aromatic rings. The number of carbonyl (C=O) groups excluding carboxylic acids is 1. The molecule has 4 rings (SSSR count). The van der Waals surface area contributed by atoms with Gasteiger partial charge in [0.05, 0.1) is 13.7 Å². The minimum Gasteiger partial charge on any atom is -0.453 e. The lowest BCUT2D eigenvalue weighted by Gasteiger charge is -2.57. The number of rotatable bonds is 3. The fourth-order valence-corrected chi connectivity index (χ4v) is 4.96. The molecule has 5 nitrogen and oxygen atoms in total. The van der Waals surface area contributed by atoms with Gasteiger partial charge in [0, 0.05) is 31.1 Å². The van der Waals surface area contributed by atoms with Gasteiger partial charge in [-0.05, 0) is 43.0 Å². The Labute approximate surface area is 172 Å². The smallest absolute Gasteiger partial charge is 0.409 e. The number of hydrogen-bond donors (Lipinski definition) is 1. The Kier molecular flexibility index (Phi) is 5.88. The highest BCUT2D eigenvalue weighted by molar-refractivity contribution is 5.67. The van der Waals surface area contributed by atoms with Crippen LogP contribution >= 0.6 is 0 Å². The van der Waals surface area contributed by atoms with Gasteiger partial charge in [-0.3, -0.25) is 4.90 Å². The molecule has 2 aromatic carbocycles. The fourth-order valence-electron chi connectivity index (χ4n) is 4.96. The zero-order valence-corrected chi connectivity index (χ0v) is 17.3. The Hall–Kier alpha value is -2.37. The number of ether oxygens (including phenoxy) is 1. The van der Waals surface area contributed by atoms with Crippen LogP contribution in [0, 0.1) is 6.92 Å². The molecule has 0 unspecified atom stereocenters. The van der Waals surface area contributed by atoms with Crippen LogP contribution in [0.15, 0.2) is 48.5 Å². The summed E-state index contributed by atoms with van der Waals surface area (Å²) in [6.07, 6.45) is 1.74. The molecule has 0 radical (unpaired) electrons. The SMILES string of the molecule is COC(=O)N1CCCCN2[C@H](CO)[C@@H](c3ccc(-c4cccc(C)c4)cc3)[C@@H]2C1. The number of hydrogen-bond acceptors (Lipinski definition) is 4. The van der Waals surface area contributed by atoms with Crippen LogP contribution in [-0.4, -0.2) is 66.4 Å². The number of carbonyl (C=O) groups is 1. The number of aryl methyl sites for hydroxylation is 1. The maximum Gasteiger partial charge on any atom is 0.409 e. The van der Waals surface area contributed by atoms with Crippen LogP contribution in [0.1, 0.15) is 29.9 Å². The molecule has 2 heterocycles. The van der Waals surface area contributed by atoms with E-state index in [1.165, 1.54) is 29.4 Å². The third kappa shape index (κ3) is 3.89. The number of nitrogens with zero attached hydrogens (tertiary/aromatic N) is 2. The summed E-state index contributed by atoms with van der Waals surface area (Å²) in [7, 11) is 1.44. The van der Waals surface area contributed by atoms with Gasteiger partial charge in [0.15, 0.2) is 0 Å². The lowest BCUT2D eigenvalue weighted by atomic mass is 9.74. The second-order valence-electron chi connectivity index (χ2n) is 8.20. The van der Waals surface area contributed by atoms with Crippen LogP contribution in [0.3, 0.4) is 0 Å². The van der Waals surface area contributed by atoms with Crippen LogP contribution in [0.25, 0.3) is 11.1 Å². The normalized spacial score (nSPS) is 24.8. The summed E-state index contributed by atoms with van der Waals surface area (Å²) in [5.74, 6) is 0.219. The lowest BCUT2D eigenvalue weighted by Crippen LogP contribution is -2.67. The molecule has 0 spiro atoms. The van der Waals surface area contributed by atoms with Crippen molar-refractivity contribution in [2.24, 2.45) is 0 Å². The van der Waals surface area contributed by atoms with Crippen LogP contribution in [0.4, 0.5) is 4.79 Å². The lowest BCUT2D eigenvalue weighted by molar-refractivity contribution is -0.0619. The number of fused-ring (bicyclic) bond motifs is 1. The highest BCUT2D eigenvalue weighted by atomic mass is 16.5. The molecule has 0 bridgehead atoms. The van der Waals surface area contributed by atoms with E-state index in [0.29, 0.717) is 6.54 Å². The van der Waals surface area contributed by atoms with E-state index in [1.54, 1.807) is 0 Å². The summed E-state index contributed by atoms with van der Waals surface area (Å²) in [6.45, 7) is 4.60. The molecule has 0 aromatic heterocycles. The van der Waals surface area contributed by atoms with Crippen molar-refractivity contribution in [1.29, 1.82) is 0 Å². The molecule has 29 heavy (non-hydrogen) atoms. The first-order valence-electron chi connectivity index (χ1n) is 10.5. The van der Waals surface area contributed by atoms with Crippen molar-refractivity contribution in [3.63, 3.8) is 0 Å². The summed E-state index contributed by atoms with van der Waals surface area (Å²) in [5, 5.41) is 10.1. The van der Waals surface area contributed by atoms with Crippen LogP contribution in [0.2, 0.25) is 0 Å². The quantitative estimate of drug-likeness (QED) is 0.863. The van der Waals surface area contributed by atoms with Crippen molar-refractivity contribution >= 4 is 6.09 Å². The number of aliphatic hydroxyl groups is 1. The van der Waals surface area contributed by atoms with Gasteiger partial charge in [-0.25, -0.2) is 4.79 Å². The van der Waals surface area contributed by atoms with Crippen molar-refractivity contribution in [3.05, 3.63) is 59.7 Å². The predicted octanol–water partition coefficient (Wildman–Crippen LogP) is 3.65. The maximum absolute atomic E-state index is 12.2. The average molecular weight is 395 g/mol. The van der Waals surface area contributed by atoms with Gasteiger partial charge in [-0.15, -0.1) is 0 Å². The van der Waals surface area contributed by atoms with Gasteiger partial charge in [0.25, 0.3) is 0 Å². The summed E-state index contributed by atoms with van der Waals surface area (Å²) >= 11 is 0. The van der Waals surface area contributed by atoms with E-state index in [1.807, 2.05) is 4.90 Å². The molecule has 154 valence electrons. The van der Waals surface area contributed by atoms with Gasteiger partial charge in [0.2, 0.25) is 0 Å². The standard InChI is InChI=1S/C24H30N2O3/c1-17-6-5-7-20(14-17)18-8-10-19(11-9-18)23-21-15-25(24(28)29-2)12-3-4-13-26(21)22(23)16-27/h5-11,14,21-23,27H,3-4,12-13,15-16H2,1-2H3/t21-,22+,23-/m0/s1. The molecule has 5 heteroatoms. The Morgan fingerprint density at radius 1 is 1.10 bits per heavy atom. The monoisotopic (exact) mass is 394 g/mol. The molecule has 2 aliphatic rings. The molecule has 1 N–H and O–H groups in total. The van der Waals surface area contributed by atoms with E-state index >= 15 is 0 Å². The highest BCUT2D eigenvalue weighted by Crippen LogP contribution is 2.42. The zero-order valence-electron chi connectivity index (χ0n) is 17.3. The molecule has 3 atom stereocenters. The third-order valence-corrected chi connectivity index (χ3v) is 6.45. The van der Waals surface area contributed by atoms with Gasteiger partial charge in [0.1, 0.15) is 0 Å². The summed E-state index contributed by atoms with van der Waals surface area (Å²) in [4.78, 5) is 16.4. The molecular weight excluding hydrogens is 364 g/mol. The Morgan fingerprint density at radius 3 is 2.55 bits per heavy atom. The first kappa shape index (κ1) is 19.9. The second-order valence-corrected chi connectivity index (χ2v) is 8.20. The minimum absolute atomic E-state index is 0.113. The largest absolute Gasteiger partial charge is 0.453 e. The van der Waals surface area contributed by atoms with Crippen LogP contribution in [0.5, 0.6) is 0 Å². The van der Waals surface area contributed by atoms with Crippen LogP contribution in [-0.2, 0) is 4.74 Å². The molecule has 2 saturated heterocycles. The average Bonchev–Trinajstić information content (AvgIpc) is 2.72. The zero-order chi connectivity index (χ0) is 20.4. The topological polar surface area (TPSA) is 53.0 Å². The third-order valence-electron chi connectivity index (χ3n) is 6.45. The number of aliphatic hydroxyl groups excluding tert-OH is 1. The van der Waals surface area contributed by atoms with Gasteiger partial charge in [-0.2, -0.15) is 0 Å². The fraction of sp³-hybridized carbons (Fsp3) is 0.458. The molecule has 1 amide bonds. The Balaban J connectivity index is 1.58. The maximum atomic E-state index is 12.2. The first-order valence-corrected chi connectivity index (χ1v) is 10.5. The van der Waals surface area contributed by atoms with Crippen molar-refractivity contribution in [1.82, 2.24) is 9.80 Å². The first-order chi connectivity index (χ1) is 14.1. The predicted molar refractivity (Wildman–Crippen MR) is 114 cm³/mol. The number of amides is 1. The Morgan fingerprint density at radius 2 is 1.86 bits per heavy atom. The van der Waals surface area contributed by atoms with Crippen molar-refractivity contribution in [2.75, 3.05) is 33.4 Å². The van der Waals surface area contributed by atoms with Gasteiger partial charge in [-0.1, -0.05) is 54.1 Å². The van der Waals surface area contributed by atoms with E-state index in [-0.39, 0.29) is 30.7 Å². The molecular formula is C24H30N2O3. The van der Waals surface area contributed by atoms with Crippen molar-refractivity contribution in [2.45, 2.75) is 37.8 Å². The summed E-state index contributed by atoms with van der Waals surface area (Å²) in [5.41, 5.74) is 4.89. The molecule has 2 aliphatic heterocycles. The van der Waals surface area contributed by atoms with Crippen LogP contribution < -0.4 is 0 Å². The molecule has 2 fully saturated rings. The van der Waals surface area contributed by atoms with E-state index in [4.69, 9.17) is 4.74 Å². The van der Waals surface area contributed by atoms with E-state index < -0.39 is 0 Å². The van der Waals surface area contributed by atoms with Gasteiger partial charge < -0.3 is 14.7 Å². The number of benzene rings is 2. The minimum atomic E-state index is -0.257. The number of methoxy groups -OCH3 is 1. The van der Waals surface area contributed by atoms with Crippen molar-refractivity contribution in [3.8, 4) is 11.1 Å². The van der Waals surface area contributed by atoms with Crippen molar-refractivity contribution < 1.29 is 14.6 Å². The van der Waals surface area contributed by atoms with E-state index in [2.05, 4.69) is 60.4 Å². The summed E-state index contributed by atoms with van der Waals surface area (Å²) < 4.78 is 4.98. The molecule has 0 saturated carbocycles. The second kappa shape index (κ2) is 8.56. The summed E-state index contributed by atoms with van der Waals surface area (Å²) in [6, 6.07) is 17.6. The van der Waals surface area contributed by atoms with Gasteiger partial charge >= 0.3 is 6.09 Å². The molecule has 0 aliphatic carbocycles. The highest BCUT2D eigenvalue weighted by Gasteiger charge is 2.49. The Bertz CT molecular complexity index is 851.